The molecule has 0 spiro atoms. The van der Waals surface area contributed by atoms with E-state index in [2.05, 4.69) is 58.5 Å². The second-order valence-electron chi connectivity index (χ2n) is 4.92. The maximum absolute atomic E-state index is 5.97. The van der Waals surface area contributed by atoms with Gasteiger partial charge in [0.05, 0.1) is 6.04 Å². The fourth-order valence-electron chi connectivity index (χ4n) is 2.41. The van der Waals surface area contributed by atoms with E-state index in [0.29, 0.717) is 0 Å². The van der Waals surface area contributed by atoms with Crippen LogP contribution in [0.4, 0.5) is 0 Å². The molecule has 2 aromatic carbocycles. The maximum Gasteiger partial charge on any atom is 0.134 e. The smallest absolute Gasteiger partial charge is 0.134 e. The molecule has 102 valence electrons. The van der Waals surface area contributed by atoms with Crippen molar-refractivity contribution < 1.29 is 4.42 Å². The SMILES string of the molecule is CNC(c1ccc(C)c(Br)c1)c1cc2ccccc2o1. The zero-order valence-corrected chi connectivity index (χ0v) is 13.1. The molecule has 3 aromatic rings. The van der Waals surface area contributed by atoms with Crippen LogP contribution in [0.25, 0.3) is 11.0 Å². The van der Waals surface area contributed by atoms with Gasteiger partial charge in [-0.25, -0.2) is 0 Å². The number of para-hydroxylation sites is 1. The van der Waals surface area contributed by atoms with Crippen molar-refractivity contribution in [1.82, 2.24) is 5.32 Å². The predicted octanol–water partition coefficient (Wildman–Crippen LogP) is 4.81. The predicted molar refractivity (Wildman–Crippen MR) is 86.0 cm³/mol. The highest BCUT2D eigenvalue weighted by Gasteiger charge is 2.17. The summed E-state index contributed by atoms with van der Waals surface area (Å²) < 4.78 is 7.08. The zero-order chi connectivity index (χ0) is 14.1. The summed E-state index contributed by atoms with van der Waals surface area (Å²) in [5.74, 6) is 0.935. The molecule has 0 aliphatic heterocycles. The Morgan fingerprint density at radius 1 is 1.10 bits per heavy atom. The topological polar surface area (TPSA) is 25.2 Å². The Kier molecular flexibility index (Phi) is 3.64. The molecule has 0 bridgehead atoms. The standard InChI is InChI=1S/C17H16BrNO/c1-11-7-8-13(9-14(11)18)17(19-2)16-10-12-5-3-4-6-15(12)20-16/h3-10,17,19H,1-2H3. The molecule has 2 nitrogen and oxygen atoms in total. The van der Waals surface area contributed by atoms with Crippen LogP contribution in [0.2, 0.25) is 0 Å². The van der Waals surface area contributed by atoms with Crippen molar-refractivity contribution in [3.63, 3.8) is 0 Å². The molecule has 0 aliphatic carbocycles. The van der Waals surface area contributed by atoms with E-state index in [1.165, 1.54) is 11.1 Å². The molecule has 1 aromatic heterocycles. The van der Waals surface area contributed by atoms with Gasteiger partial charge < -0.3 is 9.73 Å². The van der Waals surface area contributed by atoms with Gasteiger partial charge in [-0.05, 0) is 43.3 Å². The molecule has 1 atom stereocenters. The lowest BCUT2D eigenvalue weighted by Gasteiger charge is -2.15. The van der Waals surface area contributed by atoms with Gasteiger partial charge >= 0.3 is 0 Å². The highest BCUT2D eigenvalue weighted by atomic mass is 79.9. The minimum absolute atomic E-state index is 0.0549. The average Bonchev–Trinajstić information content (AvgIpc) is 2.87. The maximum atomic E-state index is 5.97. The quantitative estimate of drug-likeness (QED) is 0.745. The van der Waals surface area contributed by atoms with Crippen LogP contribution in [0.15, 0.2) is 57.4 Å². The van der Waals surface area contributed by atoms with E-state index in [1.54, 1.807) is 0 Å². The summed E-state index contributed by atoms with van der Waals surface area (Å²) in [6.45, 7) is 2.09. The Labute approximate surface area is 126 Å². The third-order valence-corrected chi connectivity index (χ3v) is 4.40. The summed E-state index contributed by atoms with van der Waals surface area (Å²) in [6.07, 6.45) is 0. The van der Waals surface area contributed by atoms with Gasteiger partial charge in [0.25, 0.3) is 0 Å². The Bertz CT molecular complexity index is 715. The molecule has 1 heterocycles. The van der Waals surface area contributed by atoms with Gasteiger partial charge in [0.1, 0.15) is 11.3 Å². The monoisotopic (exact) mass is 329 g/mol. The summed E-state index contributed by atoms with van der Waals surface area (Å²) in [5.41, 5.74) is 3.34. The van der Waals surface area contributed by atoms with Gasteiger partial charge in [-0.3, -0.25) is 0 Å². The molecule has 0 radical (unpaired) electrons. The zero-order valence-electron chi connectivity index (χ0n) is 11.5. The normalized spacial score (nSPS) is 12.8. The Balaban J connectivity index is 2.06. The molecule has 3 heteroatoms. The fourth-order valence-corrected chi connectivity index (χ4v) is 2.80. The number of fused-ring (bicyclic) bond motifs is 1. The molecule has 1 unspecified atom stereocenters. The first kappa shape index (κ1) is 13.4. The average molecular weight is 330 g/mol. The summed E-state index contributed by atoms with van der Waals surface area (Å²) in [5, 5.41) is 4.46. The van der Waals surface area contributed by atoms with Crippen molar-refractivity contribution >= 4 is 26.9 Å². The molecule has 0 aliphatic rings. The van der Waals surface area contributed by atoms with Gasteiger partial charge in [-0.15, -0.1) is 0 Å². The summed E-state index contributed by atoms with van der Waals surface area (Å²) in [4.78, 5) is 0. The van der Waals surface area contributed by atoms with E-state index in [4.69, 9.17) is 4.42 Å². The lowest BCUT2D eigenvalue weighted by molar-refractivity contribution is 0.491. The lowest BCUT2D eigenvalue weighted by atomic mass is 10.0. The summed E-state index contributed by atoms with van der Waals surface area (Å²) >= 11 is 3.59. The summed E-state index contributed by atoms with van der Waals surface area (Å²) in [6, 6.07) is 16.6. The molecule has 0 saturated heterocycles. The van der Waals surface area contributed by atoms with Crippen LogP contribution < -0.4 is 5.32 Å². The van der Waals surface area contributed by atoms with Crippen molar-refractivity contribution in [3.05, 3.63) is 69.9 Å². The first-order valence-corrected chi connectivity index (χ1v) is 7.40. The number of rotatable bonds is 3. The van der Waals surface area contributed by atoms with Gasteiger partial charge in [-0.1, -0.05) is 46.3 Å². The van der Waals surface area contributed by atoms with E-state index < -0.39 is 0 Å². The van der Waals surface area contributed by atoms with Crippen molar-refractivity contribution in [1.29, 1.82) is 0 Å². The number of hydrogen-bond acceptors (Lipinski definition) is 2. The van der Waals surface area contributed by atoms with Crippen LogP contribution in [-0.2, 0) is 0 Å². The summed E-state index contributed by atoms with van der Waals surface area (Å²) in [7, 11) is 1.95. The Hall–Kier alpha value is -1.58. The Morgan fingerprint density at radius 3 is 2.60 bits per heavy atom. The number of aryl methyl sites for hydroxylation is 1. The van der Waals surface area contributed by atoms with Crippen LogP contribution in [0, 0.1) is 6.92 Å². The number of furan rings is 1. The van der Waals surface area contributed by atoms with Crippen molar-refractivity contribution in [2.24, 2.45) is 0 Å². The van der Waals surface area contributed by atoms with Crippen LogP contribution in [-0.4, -0.2) is 7.05 Å². The number of nitrogens with one attached hydrogen (secondary N) is 1. The van der Waals surface area contributed by atoms with Crippen LogP contribution in [0.1, 0.15) is 22.9 Å². The van der Waals surface area contributed by atoms with E-state index in [0.717, 1.165) is 21.2 Å². The van der Waals surface area contributed by atoms with E-state index in [-0.39, 0.29) is 6.04 Å². The second-order valence-corrected chi connectivity index (χ2v) is 5.77. The van der Waals surface area contributed by atoms with Gasteiger partial charge in [0.15, 0.2) is 0 Å². The number of hydrogen-bond donors (Lipinski definition) is 1. The first-order valence-electron chi connectivity index (χ1n) is 6.61. The van der Waals surface area contributed by atoms with Crippen molar-refractivity contribution in [2.45, 2.75) is 13.0 Å². The third kappa shape index (κ3) is 2.39. The van der Waals surface area contributed by atoms with Gasteiger partial charge in [0, 0.05) is 9.86 Å². The molecular weight excluding hydrogens is 314 g/mol. The van der Waals surface area contributed by atoms with Gasteiger partial charge in [-0.2, -0.15) is 0 Å². The molecule has 20 heavy (non-hydrogen) atoms. The second kappa shape index (κ2) is 5.43. The van der Waals surface area contributed by atoms with Crippen LogP contribution in [0.3, 0.4) is 0 Å². The molecular formula is C17H16BrNO. The molecule has 0 fully saturated rings. The minimum atomic E-state index is 0.0549. The van der Waals surface area contributed by atoms with E-state index in [9.17, 15) is 0 Å². The number of benzene rings is 2. The number of halogens is 1. The molecule has 1 N–H and O–H groups in total. The highest BCUT2D eigenvalue weighted by Crippen LogP contribution is 2.30. The van der Waals surface area contributed by atoms with E-state index in [1.807, 2.05) is 25.2 Å². The van der Waals surface area contributed by atoms with Crippen molar-refractivity contribution in [2.75, 3.05) is 7.05 Å². The molecule has 0 saturated carbocycles. The molecule has 0 amide bonds. The molecule has 3 rings (SSSR count). The van der Waals surface area contributed by atoms with Gasteiger partial charge in [0.2, 0.25) is 0 Å². The van der Waals surface area contributed by atoms with Crippen LogP contribution >= 0.6 is 15.9 Å². The Morgan fingerprint density at radius 2 is 1.90 bits per heavy atom. The lowest BCUT2D eigenvalue weighted by Crippen LogP contribution is -2.17. The largest absolute Gasteiger partial charge is 0.459 e. The third-order valence-electron chi connectivity index (χ3n) is 3.55. The minimum Gasteiger partial charge on any atom is -0.459 e. The first-order chi connectivity index (χ1) is 9.69. The highest BCUT2D eigenvalue weighted by molar-refractivity contribution is 9.10. The fraction of sp³-hybridized carbons (Fsp3) is 0.176. The van der Waals surface area contributed by atoms with Crippen molar-refractivity contribution in [3.8, 4) is 0 Å². The van der Waals surface area contributed by atoms with E-state index >= 15 is 0 Å². The van der Waals surface area contributed by atoms with Crippen LogP contribution in [0.5, 0.6) is 0 Å².